The molecule has 86 valence electrons. The second kappa shape index (κ2) is 5.25. The Kier molecular flexibility index (Phi) is 3.71. The van der Waals surface area contributed by atoms with Crippen LogP contribution in [0.1, 0.15) is 21.6 Å². The molecule has 0 saturated carbocycles. The van der Waals surface area contributed by atoms with Crippen LogP contribution in [0, 0.1) is 0 Å². The Morgan fingerprint density at radius 3 is 2.47 bits per heavy atom. The van der Waals surface area contributed by atoms with Crippen LogP contribution >= 0.6 is 23.2 Å². The summed E-state index contributed by atoms with van der Waals surface area (Å²) in [6.07, 6.45) is 1.15. The number of rotatable bonds is 3. The van der Waals surface area contributed by atoms with Crippen LogP contribution in [0.5, 0.6) is 0 Å². The van der Waals surface area contributed by atoms with Gasteiger partial charge in [0.2, 0.25) is 5.28 Å². The van der Waals surface area contributed by atoms with Gasteiger partial charge in [-0.3, -0.25) is 4.79 Å². The minimum absolute atomic E-state index is 0.0477. The zero-order chi connectivity index (χ0) is 12.3. The molecule has 2 aromatic rings. The first-order valence-corrected chi connectivity index (χ1v) is 5.67. The maximum atomic E-state index is 10.9. The molecule has 0 atom stereocenters. The van der Waals surface area contributed by atoms with Gasteiger partial charge < -0.3 is 0 Å². The topological polar surface area (TPSA) is 42.9 Å². The molecule has 0 amide bonds. The highest BCUT2D eigenvalue weighted by atomic mass is 35.5. The fraction of sp³-hybridized carbons (Fsp3) is 0.0833. The van der Waals surface area contributed by atoms with Gasteiger partial charge in [0.1, 0.15) is 5.15 Å². The van der Waals surface area contributed by atoms with Crippen molar-refractivity contribution in [1.29, 1.82) is 0 Å². The molecule has 0 aliphatic heterocycles. The number of aromatic nitrogens is 2. The van der Waals surface area contributed by atoms with Gasteiger partial charge in [-0.25, -0.2) is 9.97 Å². The van der Waals surface area contributed by atoms with E-state index >= 15 is 0 Å². The molecule has 1 aromatic carbocycles. The largest absolute Gasteiger partial charge is 0.298 e. The van der Waals surface area contributed by atoms with E-state index in [4.69, 9.17) is 23.2 Å². The van der Waals surface area contributed by atoms with Crippen molar-refractivity contribution in [3.05, 3.63) is 57.6 Å². The Balaban J connectivity index is 2.41. The highest BCUT2D eigenvalue weighted by Gasteiger charge is 2.11. The smallest absolute Gasteiger partial charge is 0.224 e. The van der Waals surface area contributed by atoms with Gasteiger partial charge in [0.15, 0.2) is 6.29 Å². The lowest BCUT2D eigenvalue weighted by Crippen LogP contribution is -2.02. The van der Waals surface area contributed by atoms with E-state index in [1.54, 1.807) is 0 Å². The number of carbonyl (C=O) groups excluding carboxylic acids is 1. The van der Waals surface area contributed by atoms with Gasteiger partial charge in [0.05, 0.1) is 11.3 Å². The SMILES string of the molecule is O=Cc1c(Cl)nc(Cl)nc1Cc1ccccc1. The molecule has 5 heteroatoms. The predicted molar refractivity (Wildman–Crippen MR) is 66.7 cm³/mol. The number of benzene rings is 1. The summed E-state index contributed by atoms with van der Waals surface area (Å²) in [4.78, 5) is 18.7. The molecule has 1 aromatic heterocycles. The fourth-order valence-electron chi connectivity index (χ4n) is 1.50. The van der Waals surface area contributed by atoms with E-state index < -0.39 is 0 Å². The molecular formula is C12H8Cl2N2O. The van der Waals surface area contributed by atoms with Crippen LogP contribution in [-0.2, 0) is 6.42 Å². The molecule has 1 heterocycles. The first-order chi connectivity index (χ1) is 8.20. The summed E-state index contributed by atoms with van der Waals surface area (Å²) >= 11 is 11.6. The third-order valence-electron chi connectivity index (χ3n) is 2.28. The molecule has 17 heavy (non-hydrogen) atoms. The Bertz CT molecular complexity index is 544. The van der Waals surface area contributed by atoms with Crippen molar-refractivity contribution in [2.45, 2.75) is 6.42 Å². The standard InChI is InChI=1S/C12H8Cl2N2O/c13-11-9(7-17)10(15-12(14)16-11)6-8-4-2-1-3-5-8/h1-5,7H,6H2. The monoisotopic (exact) mass is 266 g/mol. The van der Waals surface area contributed by atoms with Gasteiger partial charge >= 0.3 is 0 Å². The minimum atomic E-state index is 0.0477. The van der Waals surface area contributed by atoms with E-state index in [2.05, 4.69) is 9.97 Å². The van der Waals surface area contributed by atoms with E-state index in [-0.39, 0.29) is 10.4 Å². The lowest BCUT2D eigenvalue weighted by atomic mass is 10.1. The lowest BCUT2D eigenvalue weighted by Gasteiger charge is -2.05. The van der Waals surface area contributed by atoms with Crippen molar-refractivity contribution in [2.24, 2.45) is 0 Å². The fourth-order valence-corrected chi connectivity index (χ4v) is 1.96. The Morgan fingerprint density at radius 2 is 1.82 bits per heavy atom. The highest BCUT2D eigenvalue weighted by molar-refractivity contribution is 6.33. The number of carbonyl (C=O) groups is 1. The maximum absolute atomic E-state index is 10.9. The molecule has 0 saturated heterocycles. The second-order valence-electron chi connectivity index (χ2n) is 3.42. The zero-order valence-corrected chi connectivity index (χ0v) is 10.2. The van der Waals surface area contributed by atoms with Crippen molar-refractivity contribution in [2.75, 3.05) is 0 Å². The van der Waals surface area contributed by atoms with Gasteiger partial charge in [0.25, 0.3) is 0 Å². The summed E-state index contributed by atoms with van der Waals surface area (Å²) in [7, 11) is 0. The third kappa shape index (κ3) is 2.81. The first kappa shape index (κ1) is 12.0. The lowest BCUT2D eigenvalue weighted by molar-refractivity contribution is 0.112. The van der Waals surface area contributed by atoms with Crippen LogP contribution in [0.3, 0.4) is 0 Å². The van der Waals surface area contributed by atoms with E-state index in [0.717, 1.165) is 5.56 Å². The summed E-state index contributed by atoms with van der Waals surface area (Å²) in [5, 5.41) is 0.137. The maximum Gasteiger partial charge on any atom is 0.224 e. The molecule has 0 aliphatic rings. The Morgan fingerprint density at radius 1 is 1.12 bits per heavy atom. The number of halogens is 2. The molecule has 2 rings (SSSR count). The van der Waals surface area contributed by atoms with Crippen LogP contribution < -0.4 is 0 Å². The van der Waals surface area contributed by atoms with E-state index in [9.17, 15) is 4.79 Å². The van der Waals surface area contributed by atoms with Crippen molar-refractivity contribution in [3.8, 4) is 0 Å². The summed E-state index contributed by atoms with van der Waals surface area (Å²) in [5.74, 6) is 0. The van der Waals surface area contributed by atoms with Crippen molar-refractivity contribution in [1.82, 2.24) is 9.97 Å². The number of nitrogens with zero attached hydrogens (tertiary/aromatic N) is 2. The van der Waals surface area contributed by atoms with Gasteiger partial charge in [-0.15, -0.1) is 0 Å². The molecule has 0 bridgehead atoms. The van der Waals surface area contributed by atoms with Gasteiger partial charge in [-0.2, -0.15) is 0 Å². The molecule has 0 N–H and O–H groups in total. The minimum Gasteiger partial charge on any atom is -0.298 e. The second-order valence-corrected chi connectivity index (χ2v) is 4.12. The normalized spacial score (nSPS) is 10.2. The van der Waals surface area contributed by atoms with Gasteiger partial charge in [-0.1, -0.05) is 41.9 Å². The van der Waals surface area contributed by atoms with E-state index in [1.165, 1.54) is 0 Å². The quantitative estimate of drug-likeness (QED) is 0.487. The molecule has 0 aliphatic carbocycles. The molecule has 3 nitrogen and oxygen atoms in total. The van der Waals surface area contributed by atoms with Gasteiger partial charge in [0, 0.05) is 6.42 Å². The van der Waals surface area contributed by atoms with Crippen LogP contribution in [0.2, 0.25) is 10.4 Å². The highest BCUT2D eigenvalue weighted by Crippen LogP contribution is 2.19. The van der Waals surface area contributed by atoms with Crippen LogP contribution in [0.15, 0.2) is 30.3 Å². The predicted octanol–water partition coefficient (Wildman–Crippen LogP) is 3.19. The summed E-state index contributed by atoms with van der Waals surface area (Å²) in [5.41, 5.74) is 1.86. The molecule has 0 fully saturated rings. The number of hydrogen-bond acceptors (Lipinski definition) is 3. The van der Waals surface area contributed by atoms with E-state index in [1.807, 2.05) is 30.3 Å². The number of hydrogen-bond donors (Lipinski definition) is 0. The molecule has 0 unspecified atom stereocenters. The van der Waals surface area contributed by atoms with Crippen molar-refractivity contribution < 1.29 is 4.79 Å². The first-order valence-electron chi connectivity index (χ1n) is 4.91. The third-order valence-corrected chi connectivity index (χ3v) is 2.74. The van der Waals surface area contributed by atoms with Crippen molar-refractivity contribution in [3.63, 3.8) is 0 Å². The molecule has 0 radical (unpaired) electrons. The molecule has 0 spiro atoms. The van der Waals surface area contributed by atoms with Crippen LogP contribution in [0.25, 0.3) is 0 Å². The average Bonchev–Trinajstić information content (AvgIpc) is 2.30. The summed E-state index contributed by atoms with van der Waals surface area (Å²) in [6, 6.07) is 9.64. The average molecular weight is 267 g/mol. The van der Waals surface area contributed by atoms with Crippen molar-refractivity contribution >= 4 is 29.5 Å². The summed E-state index contributed by atoms with van der Waals surface area (Å²) < 4.78 is 0. The zero-order valence-electron chi connectivity index (χ0n) is 8.73. The van der Waals surface area contributed by atoms with E-state index in [0.29, 0.717) is 24.0 Å². The Hall–Kier alpha value is -1.45. The number of aldehydes is 1. The Labute approximate surface area is 108 Å². The van der Waals surface area contributed by atoms with Gasteiger partial charge in [-0.05, 0) is 17.2 Å². The summed E-state index contributed by atoms with van der Waals surface area (Å²) in [6.45, 7) is 0. The van der Waals surface area contributed by atoms with Crippen LogP contribution in [-0.4, -0.2) is 16.3 Å². The van der Waals surface area contributed by atoms with Crippen LogP contribution in [0.4, 0.5) is 0 Å². The molecular weight excluding hydrogens is 259 g/mol.